The zero-order valence-corrected chi connectivity index (χ0v) is 13.8. The first-order valence-corrected chi connectivity index (χ1v) is 7.64. The topological polar surface area (TPSA) is 79.2 Å². The quantitative estimate of drug-likeness (QED) is 0.790. The highest BCUT2D eigenvalue weighted by Crippen LogP contribution is 2.18. The summed E-state index contributed by atoms with van der Waals surface area (Å²) in [5, 5.41) is 15.4. The van der Waals surface area contributed by atoms with Crippen molar-refractivity contribution >= 4 is 6.03 Å². The summed E-state index contributed by atoms with van der Waals surface area (Å²) in [5.74, 6) is 0. The molecule has 2 aromatic rings. The molecular weight excluding hydrogens is 292 g/mol. The lowest BCUT2D eigenvalue weighted by atomic mass is 9.89. The SMILES string of the molecule is CC(C)(C)C(O)CNC(=O)NCc1ccccc1-n1ccnc1. The number of imidazole rings is 1. The third kappa shape index (κ3) is 4.82. The van der Waals surface area contributed by atoms with E-state index in [0.717, 1.165) is 11.3 Å². The van der Waals surface area contributed by atoms with Gasteiger partial charge >= 0.3 is 6.03 Å². The van der Waals surface area contributed by atoms with E-state index in [0.29, 0.717) is 6.54 Å². The number of hydrogen-bond donors (Lipinski definition) is 3. The molecule has 0 aliphatic rings. The van der Waals surface area contributed by atoms with E-state index in [-0.39, 0.29) is 18.0 Å². The van der Waals surface area contributed by atoms with Gasteiger partial charge in [-0.1, -0.05) is 39.0 Å². The molecule has 0 spiro atoms. The van der Waals surface area contributed by atoms with Gasteiger partial charge in [0.05, 0.1) is 18.1 Å². The molecule has 3 N–H and O–H groups in total. The van der Waals surface area contributed by atoms with Crippen LogP contribution in [0.3, 0.4) is 0 Å². The van der Waals surface area contributed by atoms with Crippen LogP contribution in [0.4, 0.5) is 4.79 Å². The summed E-state index contributed by atoms with van der Waals surface area (Å²) < 4.78 is 1.90. The predicted octanol–water partition coefficient (Wildman–Crippen LogP) is 2.08. The van der Waals surface area contributed by atoms with Gasteiger partial charge in [-0.15, -0.1) is 0 Å². The van der Waals surface area contributed by atoms with Crippen LogP contribution in [0, 0.1) is 5.41 Å². The number of aliphatic hydroxyl groups excluding tert-OH is 1. The van der Waals surface area contributed by atoms with Crippen molar-refractivity contribution in [2.45, 2.75) is 33.4 Å². The highest BCUT2D eigenvalue weighted by atomic mass is 16.3. The fourth-order valence-corrected chi connectivity index (χ4v) is 2.05. The number of carbonyl (C=O) groups excluding carboxylic acids is 1. The Morgan fingerprint density at radius 1 is 1.30 bits per heavy atom. The molecule has 0 saturated heterocycles. The fourth-order valence-electron chi connectivity index (χ4n) is 2.05. The second-order valence-corrected chi connectivity index (χ2v) is 6.54. The molecule has 0 aliphatic carbocycles. The van der Waals surface area contributed by atoms with E-state index in [2.05, 4.69) is 15.6 Å². The van der Waals surface area contributed by atoms with Crippen molar-refractivity contribution in [2.75, 3.05) is 6.54 Å². The summed E-state index contributed by atoms with van der Waals surface area (Å²) in [6.45, 7) is 6.40. The Hall–Kier alpha value is -2.34. The number of nitrogens with one attached hydrogen (secondary N) is 2. The van der Waals surface area contributed by atoms with Gasteiger partial charge in [0.1, 0.15) is 0 Å². The van der Waals surface area contributed by atoms with Crippen LogP contribution in [0.2, 0.25) is 0 Å². The highest BCUT2D eigenvalue weighted by molar-refractivity contribution is 5.74. The van der Waals surface area contributed by atoms with Crippen molar-refractivity contribution < 1.29 is 9.90 Å². The van der Waals surface area contributed by atoms with Crippen molar-refractivity contribution in [1.82, 2.24) is 20.2 Å². The van der Waals surface area contributed by atoms with Gasteiger partial charge in [0.2, 0.25) is 0 Å². The maximum atomic E-state index is 11.9. The number of nitrogens with zero attached hydrogens (tertiary/aromatic N) is 2. The van der Waals surface area contributed by atoms with Gasteiger partial charge in [-0.2, -0.15) is 0 Å². The van der Waals surface area contributed by atoms with Crippen LogP contribution < -0.4 is 10.6 Å². The Labute approximate surface area is 136 Å². The molecule has 1 atom stereocenters. The van der Waals surface area contributed by atoms with Crippen LogP contribution in [0.25, 0.3) is 5.69 Å². The van der Waals surface area contributed by atoms with Crippen LogP contribution >= 0.6 is 0 Å². The Bertz CT molecular complexity index is 632. The third-order valence-corrected chi connectivity index (χ3v) is 3.67. The molecule has 0 radical (unpaired) electrons. The van der Waals surface area contributed by atoms with Gasteiger partial charge < -0.3 is 20.3 Å². The minimum atomic E-state index is -0.591. The van der Waals surface area contributed by atoms with Crippen LogP contribution in [-0.4, -0.2) is 33.3 Å². The van der Waals surface area contributed by atoms with Gasteiger partial charge in [-0.3, -0.25) is 0 Å². The van der Waals surface area contributed by atoms with E-state index in [1.165, 1.54) is 0 Å². The molecule has 0 saturated carbocycles. The van der Waals surface area contributed by atoms with E-state index >= 15 is 0 Å². The van der Waals surface area contributed by atoms with Crippen molar-refractivity contribution in [3.8, 4) is 5.69 Å². The molecule has 0 fully saturated rings. The first-order chi connectivity index (χ1) is 10.9. The number of aromatic nitrogens is 2. The average molecular weight is 316 g/mol. The fraction of sp³-hybridized carbons (Fsp3) is 0.412. The number of hydrogen-bond acceptors (Lipinski definition) is 3. The summed E-state index contributed by atoms with van der Waals surface area (Å²) >= 11 is 0. The third-order valence-electron chi connectivity index (χ3n) is 3.67. The molecule has 1 aromatic heterocycles. The maximum absolute atomic E-state index is 11.9. The number of para-hydroxylation sites is 1. The van der Waals surface area contributed by atoms with Crippen LogP contribution in [0.5, 0.6) is 0 Å². The standard InChI is InChI=1S/C17H24N4O2/c1-17(2,3)15(22)11-20-16(23)19-10-13-6-4-5-7-14(13)21-9-8-18-12-21/h4-9,12,15,22H,10-11H2,1-3H3,(H2,19,20,23). The van der Waals surface area contributed by atoms with Crippen LogP contribution in [0.15, 0.2) is 43.0 Å². The van der Waals surface area contributed by atoms with Gasteiger partial charge in [-0.05, 0) is 17.0 Å². The molecule has 0 aliphatic heterocycles. The zero-order chi connectivity index (χ0) is 16.9. The summed E-state index contributed by atoms with van der Waals surface area (Å²) in [6, 6.07) is 7.50. The number of rotatable bonds is 5. The lowest BCUT2D eigenvalue weighted by Crippen LogP contribution is -2.43. The predicted molar refractivity (Wildman–Crippen MR) is 89.3 cm³/mol. The van der Waals surface area contributed by atoms with Gasteiger partial charge in [-0.25, -0.2) is 9.78 Å². The van der Waals surface area contributed by atoms with Crippen molar-refractivity contribution in [1.29, 1.82) is 0 Å². The first kappa shape index (κ1) is 17.0. The maximum Gasteiger partial charge on any atom is 0.315 e. The summed E-state index contributed by atoms with van der Waals surface area (Å²) in [4.78, 5) is 15.9. The zero-order valence-electron chi connectivity index (χ0n) is 13.8. The van der Waals surface area contributed by atoms with E-state index in [1.54, 1.807) is 12.5 Å². The second kappa shape index (κ2) is 7.28. The second-order valence-electron chi connectivity index (χ2n) is 6.54. The lowest BCUT2D eigenvalue weighted by Gasteiger charge is -2.25. The Kier molecular flexibility index (Phi) is 5.39. The number of carbonyl (C=O) groups is 1. The molecule has 0 bridgehead atoms. The molecule has 2 amide bonds. The van der Waals surface area contributed by atoms with Crippen molar-refractivity contribution in [3.63, 3.8) is 0 Å². The number of aliphatic hydroxyl groups is 1. The van der Waals surface area contributed by atoms with E-state index < -0.39 is 6.10 Å². The summed E-state index contributed by atoms with van der Waals surface area (Å²) in [7, 11) is 0. The molecule has 124 valence electrons. The molecule has 1 heterocycles. The van der Waals surface area contributed by atoms with Gasteiger partial charge in [0.15, 0.2) is 0 Å². The number of benzene rings is 1. The van der Waals surface area contributed by atoms with Crippen LogP contribution in [0.1, 0.15) is 26.3 Å². The monoisotopic (exact) mass is 316 g/mol. The molecule has 23 heavy (non-hydrogen) atoms. The minimum absolute atomic E-state index is 0.221. The first-order valence-electron chi connectivity index (χ1n) is 7.64. The van der Waals surface area contributed by atoms with E-state index in [4.69, 9.17) is 0 Å². The van der Waals surface area contributed by atoms with E-state index in [9.17, 15) is 9.90 Å². The molecule has 1 unspecified atom stereocenters. The largest absolute Gasteiger partial charge is 0.391 e. The Morgan fingerprint density at radius 2 is 2.04 bits per heavy atom. The number of amides is 2. The number of urea groups is 1. The molecule has 2 rings (SSSR count). The summed E-state index contributed by atoms with van der Waals surface area (Å²) in [6.07, 6.45) is 4.70. The van der Waals surface area contributed by atoms with Gasteiger partial charge in [0.25, 0.3) is 0 Å². The van der Waals surface area contributed by atoms with E-state index in [1.807, 2.05) is 55.8 Å². The highest BCUT2D eigenvalue weighted by Gasteiger charge is 2.22. The van der Waals surface area contributed by atoms with Crippen molar-refractivity contribution in [2.24, 2.45) is 5.41 Å². The Balaban J connectivity index is 1.90. The smallest absolute Gasteiger partial charge is 0.315 e. The molecular formula is C17H24N4O2. The molecule has 1 aromatic carbocycles. The average Bonchev–Trinajstić information content (AvgIpc) is 3.04. The lowest BCUT2D eigenvalue weighted by molar-refractivity contribution is 0.0650. The van der Waals surface area contributed by atoms with Crippen LogP contribution in [-0.2, 0) is 6.54 Å². The normalized spacial score (nSPS) is 12.7. The minimum Gasteiger partial charge on any atom is -0.391 e. The molecule has 6 heteroatoms. The molecule has 6 nitrogen and oxygen atoms in total. The Morgan fingerprint density at radius 3 is 2.70 bits per heavy atom. The van der Waals surface area contributed by atoms with Crippen molar-refractivity contribution in [3.05, 3.63) is 48.5 Å². The van der Waals surface area contributed by atoms with Gasteiger partial charge in [0, 0.05) is 25.5 Å². The summed E-state index contributed by atoms with van der Waals surface area (Å²) in [5.41, 5.74) is 1.69.